The number of hydrazine groups is 1. The van der Waals surface area contributed by atoms with Crippen molar-refractivity contribution in [1.82, 2.24) is 10.3 Å². The minimum Gasteiger partial charge on any atom is -0.277 e. The standard InChI is InChI=1S/C11H13ClN2O5S2/c12-9-3-1-2-4-10(9)21(18,19)14-13-11(15)8-5-6-20(16,17)7-8/h1-4,8,14H,5-7H2,(H,13,15)/t8-/m0/s1. The van der Waals surface area contributed by atoms with Crippen molar-refractivity contribution in [1.29, 1.82) is 0 Å². The van der Waals surface area contributed by atoms with Crippen LogP contribution < -0.4 is 10.3 Å². The fourth-order valence-electron chi connectivity index (χ4n) is 1.94. The van der Waals surface area contributed by atoms with Crippen LogP contribution in [0.3, 0.4) is 0 Å². The van der Waals surface area contributed by atoms with Crippen molar-refractivity contribution in [2.75, 3.05) is 11.5 Å². The molecule has 0 spiro atoms. The number of hydrogen-bond acceptors (Lipinski definition) is 5. The van der Waals surface area contributed by atoms with E-state index in [1.54, 1.807) is 6.07 Å². The third-order valence-electron chi connectivity index (χ3n) is 3.04. The van der Waals surface area contributed by atoms with Gasteiger partial charge in [0, 0.05) is 0 Å². The van der Waals surface area contributed by atoms with E-state index in [-0.39, 0.29) is 27.8 Å². The molecule has 21 heavy (non-hydrogen) atoms. The fourth-order valence-corrected chi connectivity index (χ4v) is 5.05. The number of rotatable bonds is 4. The van der Waals surface area contributed by atoms with Gasteiger partial charge in [-0.25, -0.2) is 16.8 Å². The molecule has 116 valence electrons. The van der Waals surface area contributed by atoms with Crippen molar-refractivity contribution < 1.29 is 21.6 Å². The Bertz CT molecular complexity index is 761. The molecule has 1 fully saturated rings. The number of carbonyl (C=O) groups is 1. The lowest BCUT2D eigenvalue weighted by Crippen LogP contribution is -2.44. The van der Waals surface area contributed by atoms with Crippen LogP contribution in [0.15, 0.2) is 29.2 Å². The van der Waals surface area contributed by atoms with E-state index < -0.39 is 31.7 Å². The third-order valence-corrected chi connectivity index (χ3v) is 6.55. The fraction of sp³-hybridized carbons (Fsp3) is 0.364. The van der Waals surface area contributed by atoms with Gasteiger partial charge >= 0.3 is 0 Å². The van der Waals surface area contributed by atoms with Crippen molar-refractivity contribution in [3.8, 4) is 0 Å². The molecular formula is C11H13ClN2O5S2. The summed E-state index contributed by atoms with van der Waals surface area (Å²) in [7, 11) is -7.22. The van der Waals surface area contributed by atoms with Gasteiger partial charge in [0.05, 0.1) is 22.4 Å². The van der Waals surface area contributed by atoms with Gasteiger partial charge in [0.1, 0.15) is 4.90 Å². The van der Waals surface area contributed by atoms with Crippen LogP contribution in [-0.2, 0) is 24.7 Å². The summed E-state index contributed by atoms with van der Waals surface area (Å²) in [5.41, 5.74) is 2.03. The number of halogens is 1. The van der Waals surface area contributed by atoms with Gasteiger partial charge in [-0.3, -0.25) is 10.2 Å². The lowest BCUT2D eigenvalue weighted by molar-refractivity contribution is -0.124. The van der Waals surface area contributed by atoms with Crippen LogP contribution in [0, 0.1) is 5.92 Å². The molecule has 0 radical (unpaired) electrons. The van der Waals surface area contributed by atoms with Gasteiger partial charge in [0.25, 0.3) is 10.0 Å². The first kappa shape index (κ1) is 16.2. The Balaban J connectivity index is 2.03. The summed E-state index contributed by atoms with van der Waals surface area (Å²) in [6.45, 7) is 0. The van der Waals surface area contributed by atoms with Gasteiger partial charge in [0.2, 0.25) is 5.91 Å². The first-order valence-electron chi connectivity index (χ1n) is 5.98. The van der Waals surface area contributed by atoms with Crippen molar-refractivity contribution in [2.24, 2.45) is 5.92 Å². The predicted molar refractivity (Wildman–Crippen MR) is 76.7 cm³/mol. The van der Waals surface area contributed by atoms with Crippen LogP contribution in [-0.4, -0.2) is 34.2 Å². The smallest absolute Gasteiger partial charge is 0.258 e. The summed E-state index contributed by atoms with van der Waals surface area (Å²) < 4.78 is 46.5. The Morgan fingerprint density at radius 3 is 2.52 bits per heavy atom. The predicted octanol–water partition coefficient (Wildman–Crippen LogP) is 0.0842. The van der Waals surface area contributed by atoms with Gasteiger partial charge < -0.3 is 0 Å². The highest BCUT2D eigenvalue weighted by atomic mass is 35.5. The molecule has 1 aliphatic heterocycles. The molecule has 1 saturated heterocycles. The number of carbonyl (C=O) groups excluding carboxylic acids is 1. The molecule has 0 aliphatic carbocycles. The van der Waals surface area contributed by atoms with E-state index in [1.807, 2.05) is 10.3 Å². The Labute approximate surface area is 127 Å². The number of nitrogens with one attached hydrogen (secondary N) is 2. The van der Waals surface area contributed by atoms with Crippen molar-refractivity contribution in [3.05, 3.63) is 29.3 Å². The Kier molecular flexibility index (Phi) is 4.57. The molecule has 1 aliphatic rings. The minimum atomic E-state index is -4.01. The summed E-state index contributed by atoms with van der Waals surface area (Å²) in [6, 6.07) is 5.76. The van der Waals surface area contributed by atoms with E-state index in [1.165, 1.54) is 18.2 Å². The molecule has 7 nitrogen and oxygen atoms in total. The van der Waals surface area contributed by atoms with Crippen LogP contribution in [0.2, 0.25) is 5.02 Å². The van der Waals surface area contributed by atoms with Gasteiger partial charge in [-0.05, 0) is 18.6 Å². The van der Waals surface area contributed by atoms with E-state index in [0.717, 1.165) is 0 Å². The lowest BCUT2D eigenvalue weighted by atomic mass is 10.1. The van der Waals surface area contributed by atoms with Crippen LogP contribution in [0.5, 0.6) is 0 Å². The average molecular weight is 353 g/mol. The van der Waals surface area contributed by atoms with Gasteiger partial charge in [-0.15, -0.1) is 4.83 Å². The van der Waals surface area contributed by atoms with E-state index in [4.69, 9.17) is 11.6 Å². The Hall–Kier alpha value is -1.16. The summed E-state index contributed by atoms with van der Waals surface area (Å²) in [6.07, 6.45) is 0.183. The molecule has 1 aromatic carbocycles. The number of sulfone groups is 1. The number of amides is 1. The molecule has 0 bridgehead atoms. The molecule has 10 heteroatoms. The third kappa shape index (κ3) is 3.94. The van der Waals surface area contributed by atoms with E-state index in [2.05, 4.69) is 0 Å². The second-order valence-corrected chi connectivity index (χ2v) is 8.91. The van der Waals surface area contributed by atoms with Crippen LogP contribution in [0.4, 0.5) is 0 Å². The summed E-state index contributed by atoms with van der Waals surface area (Å²) >= 11 is 5.78. The average Bonchev–Trinajstić information content (AvgIpc) is 2.77. The normalized spacial score (nSPS) is 21.1. The zero-order valence-corrected chi connectivity index (χ0v) is 13.1. The molecule has 0 aromatic heterocycles. The lowest BCUT2D eigenvalue weighted by Gasteiger charge is -2.11. The van der Waals surface area contributed by atoms with Crippen LogP contribution in [0.25, 0.3) is 0 Å². The highest BCUT2D eigenvalue weighted by Gasteiger charge is 2.33. The number of sulfonamides is 1. The first-order valence-corrected chi connectivity index (χ1v) is 9.66. The van der Waals surface area contributed by atoms with E-state index >= 15 is 0 Å². The largest absolute Gasteiger partial charge is 0.277 e. The molecule has 1 aromatic rings. The molecule has 0 unspecified atom stereocenters. The molecule has 2 rings (SSSR count). The Morgan fingerprint density at radius 1 is 1.29 bits per heavy atom. The number of hydrogen-bond donors (Lipinski definition) is 2. The maximum Gasteiger partial charge on any atom is 0.258 e. The van der Waals surface area contributed by atoms with Gasteiger partial charge in [0.15, 0.2) is 9.84 Å². The minimum absolute atomic E-state index is 0.0164. The zero-order valence-electron chi connectivity index (χ0n) is 10.7. The molecule has 1 amide bonds. The van der Waals surface area contributed by atoms with E-state index in [0.29, 0.717) is 0 Å². The second kappa shape index (κ2) is 5.91. The molecular weight excluding hydrogens is 340 g/mol. The maximum atomic E-state index is 12.0. The molecule has 1 atom stereocenters. The monoisotopic (exact) mass is 352 g/mol. The first-order chi connectivity index (χ1) is 9.71. The molecule has 2 N–H and O–H groups in total. The summed E-state index contributed by atoms with van der Waals surface area (Å²) in [5, 5.41) is 0.0164. The topological polar surface area (TPSA) is 109 Å². The van der Waals surface area contributed by atoms with Crippen molar-refractivity contribution in [3.63, 3.8) is 0 Å². The zero-order chi connectivity index (χ0) is 15.7. The molecule has 0 saturated carbocycles. The summed E-state index contributed by atoms with van der Waals surface area (Å²) in [4.78, 5) is 13.5. The number of benzene rings is 1. The van der Waals surface area contributed by atoms with Crippen LogP contribution >= 0.6 is 11.6 Å². The van der Waals surface area contributed by atoms with Crippen molar-refractivity contribution in [2.45, 2.75) is 11.3 Å². The van der Waals surface area contributed by atoms with Crippen molar-refractivity contribution >= 4 is 37.4 Å². The van der Waals surface area contributed by atoms with Gasteiger partial charge in [-0.2, -0.15) is 0 Å². The quantitative estimate of drug-likeness (QED) is 0.746. The highest BCUT2D eigenvalue weighted by Crippen LogP contribution is 2.20. The van der Waals surface area contributed by atoms with Gasteiger partial charge in [-0.1, -0.05) is 23.7 Å². The highest BCUT2D eigenvalue weighted by molar-refractivity contribution is 7.91. The second-order valence-electron chi connectivity index (χ2n) is 4.63. The summed E-state index contributed by atoms with van der Waals surface area (Å²) in [5.74, 6) is -1.76. The van der Waals surface area contributed by atoms with E-state index in [9.17, 15) is 21.6 Å². The molecule has 1 heterocycles. The maximum absolute atomic E-state index is 12.0. The Morgan fingerprint density at radius 2 is 1.95 bits per heavy atom. The van der Waals surface area contributed by atoms with Crippen LogP contribution in [0.1, 0.15) is 6.42 Å². The SMILES string of the molecule is O=C(NNS(=O)(=O)c1ccccc1Cl)[C@H]1CCS(=O)(=O)C1.